The number of ether oxygens (including phenoxy) is 2. The van der Waals surface area contributed by atoms with Crippen LogP contribution in [0, 0.1) is 6.92 Å². The smallest absolute Gasteiger partial charge is 0.329 e. The summed E-state index contributed by atoms with van der Waals surface area (Å²) >= 11 is 0. The number of carbonyl (C=O) groups excluding carboxylic acids is 3. The van der Waals surface area contributed by atoms with E-state index >= 15 is 0 Å². The summed E-state index contributed by atoms with van der Waals surface area (Å²) in [5.74, 6) is -0.0334. The largest absolute Gasteiger partial charge is 0.493 e. The van der Waals surface area contributed by atoms with Gasteiger partial charge in [0.15, 0.2) is 11.5 Å². The fraction of sp³-hybridized carbons (Fsp3) is 0.129. The third kappa shape index (κ3) is 5.75. The topological polar surface area (TPSA) is 97.0 Å². The molecule has 2 N–H and O–H groups in total. The van der Waals surface area contributed by atoms with Gasteiger partial charge in [-0.05, 0) is 64.7 Å². The number of amides is 4. The van der Waals surface area contributed by atoms with Crippen molar-refractivity contribution in [1.29, 1.82) is 0 Å². The summed E-state index contributed by atoms with van der Waals surface area (Å²) in [6, 6.07) is 26.0. The van der Waals surface area contributed by atoms with Crippen molar-refractivity contribution in [2.24, 2.45) is 0 Å². The molecule has 0 radical (unpaired) electrons. The fourth-order valence-corrected chi connectivity index (χ4v) is 4.42. The molecule has 4 aromatic carbocycles. The van der Waals surface area contributed by atoms with Crippen molar-refractivity contribution in [2.75, 3.05) is 19.0 Å². The number of carbonyl (C=O) groups is 3. The van der Waals surface area contributed by atoms with Crippen LogP contribution in [0.5, 0.6) is 11.5 Å². The van der Waals surface area contributed by atoms with Crippen LogP contribution < -0.4 is 20.1 Å². The molecule has 4 amide bonds. The molecule has 0 aromatic heterocycles. The van der Waals surface area contributed by atoms with Crippen molar-refractivity contribution in [3.63, 3.8) is 0 Å². The van der Waals surface area contributed by atoms with Gasteiger partial charge in [-0.15, -0.1) is 0 Å². The summed E-state index contributed by atoms with van der Waals surface area (Å²) in [6.45, 7) is 1.86. The number of rotatable bonds is 8. The van der Waals surface area contributed by atoms with Crippen molar-refractivity contribution in [3.05, 3.63) is 107 Å². The van der Waals surface area contributed by atoms with Crippen LogP contribution in [0.4, 0.5) is 10.5 Å². The van der Waals surface area contributed by atoms with Crippen LogP contribution in [0.2, 0.25) is 0 Å². The molecule has 1 saturated heterocycles. The van der Waals surface area contributed by atoms with Crippen LogP contribution in [0.15, 0.2) is 90.6 Å². The van der Waals surface area contributed by atoms with Gasteiger partial charge in [-0.25, -0.2) is 9.69 Å². The van der Waals surface area contributed by atoms with Crippen molar-refractivity contribution >= 4 is 40.4 Å². The third-order valence-corrected chi connectivity index (χ3v) is 6.33. The Bertz CT molecular complexity index is 1610. The van der Waals surface area contributed by atoms with E-state index in [0.29, 0.717) is 29.4 Å². The van der Waals surface area contributed by atoms with Crippen molar-refractivity contribution in [1.82, 2.24) is 10.2 Å². The minimum absolute atomic E-state index is 0.0647. The molecular formula is C31H27N3O5. The van der Waals surface area contributed by atoms with Crippen molar-refractivity contribution in [3.8, 4) is 11.5 Å². The molecule has 1 aliphatic rings. The van der Waals surface area contributed by atoms with E-state index in [0.717, 1.165) is 26.8 Å². The lowest BCUT2D eigenvalue weighted by Gasteiger charge is -2.13. The van der Waals surface area contributed by atoms with Gasteiger partial charge < -0.3 is 20.1 Å². The fourth-order valence-electron chi connectivity index (χ4n) is 4.42. The number of imide groups is 1. The maximum absolute atomic E-state index is 12.9. The molecule has 4 aromatic rings. The van der Waals surface area contributed by atoms with Gasteiger partial charge in [0.1, 0.15) is 18.8 Å². The third-order valence-electron chi connectivity index (χ3n) is 6.33. The van der Waals surface area contributed by atoms with Crippen LogP contribution in [-0.2, 0) is 16.2 Å². The van der Waals surface area contributed by atoms with E-state index in [1.807, 2.05) is 43.3 Å². The highest BCUT2D eigenvalue weighted by atomic mass is 16.5. The molecule has 8 nitrogen and oxygen atoms in total. The molecule has 1 heterocycles. The number of hydrogen-bond donors (Lipinski definition) is 2. The Kier molecular flexibility index (Phi) is 7.27. The minimum atomic E-state index is -0.660. The minimum Gasteiger partial charge on any atom is -0.493 e. The number of methoxy groups -OCH3 is 1. The Morgan fingerprint density at radius 3 is 2.56 bits per heavy atom. The molecule has 0 atom stereocenters. The van der Waals surface area contributed by atoms with Crippen LogP contribution in [0.25, 0.3) is 16.8 Å². The van der Waals surface area contributed by atoms with Gasteiger partial charge in [0.05, 0.1) is 7.11 Å². The predicted molar refractivity (Wildman–Crippen MR) is 149 cm³/mol. The van der Waals surface area contributed by atoms with Crippen LogP contribution >= 0.6 is 0 Å². The normalized spacial score (nSPS) is 14.0. The van der Waals surface area contributed by atoms with E-state index in [9.17, 15) is 14.4 Å². The summed E-state index contributed by atoms with van der Waals surface area (Å²) in [5.41, 5.74) is 3.31. The number of fused-ring (bicyclic) bond motifs is 1. The van der Waals surface area contributed by atoms with E-state index in [2.05, 4.69) is 28.8 Å². The number of nitrogens with one attached hydrogen (secondary N) is 2. The first-order valence-corrected chi connectivity index (χ1v) is 12.4. The molecule has 196 valence electrons. The molecule has 0 saturated carbocycles. The van der Waals surface area contributed by atoms with Gasteiger partial charge in [0, 0.05) is 5.69 Å². The summed E-state index contributed by atoms with van der Waals surface area (Å²) in [7, 11) is 1.54. The molecule has 8 heteroatoms. The standard InChI is InChI=1S/C31H27N3O5/c1-20-7-5-11-24(15-20)32-29(35)18-34-30(36)26(33-31(34)37)16-21-13-14-27(28(17-21)38-2)39-19-23-10-6-9-22-8-3-4-12-25(22)23/h3-17H,18-19H2,1-2H3,(H,32,35)(H,33,37)/b26-16+. The molecule has 39 heavy (non-hydrogen) atoms. The van der Waals surface area contributed by atoms with Gasteiger partial charge in [-0.3, -0.25) is 9.59 Å². The Hall–Kier alpha value is -5.11. The second kappa shape index (κ2) is 11.1. The van der Waals surface area contributed by atoms with Gasteiger partial charge in [0.25, 0.3) is 5.91 Å². The van der Waals surface area contributed by atoms with E-state index in [1.54, 1.807) is 30.3 Å². The zero-order chi connectivity index (χ0) is 27.4. The van der Waals surface area contributed by atoms with E-state index in [4.69, 9.17) is 9.47 Å². The zero-order valence-electron chi connectivity index (χ0n) is 21.6. The number of anilines is 1. The second-order valence-electron chi connectivity index (χ2n) is 9.13. The maximum Gasteiger partial charge on any atom is 0.329 e. The van der Waals surface area contributed by atoms with E-state index in [-0.39, 0.29) is 5.70 Å². The quantitative estimate of drug-likeness (QED) is 0.243. The number of nitrogens with zero attached hydrogens (tertiary/aromatic N) is 1. The number of aryl methyl sites for hydroxylation is 1. The van der Waals surface area contributed by atoms with Crippen LogP contribution in [-0.4, -0.2) is 36.4 Å². The van der Waals surface area contributed by atoms with Gasteiger partial charge >= 0.3 is 6.03 Å². The lowest BCUT2D eigenvalue weighted by molar-refractivity contribution is -0.127. The number of urea groups is 1. The molecule has 1 fully saturated rings. The van der Waals surface area contributed by atoms with Crippen LogP contribution in [0.3, 0.4) is 0 Å². The molecule has 0 spiro atoms. The average molecular weight is 522 g/mol. The molecule has 5 rings (SSSR count). The summed E-state index contributed by atoms with van der Waals surface area (Å²) in [4.78, 5) is 38.7. The molecule has 0 aliphatic carbocycles. The number of benzene rings is 4. The lowest BCUT2D eigenvalue weighted by Crippen LogP contribution is -2.38. The first kappa shape index (κ1) is 25.5. The van der Waals surface area contributed by atoms with E-state index < -0.39 is 24.4 Å². The highest BCUT2D eigenvalue weighted by Crippen LogP contribution is 2.31. The van der Waals surface area contributed by atoms with Gasteiger partial charge in [-0.2, -0.15) is 0 Å². The Morgan fingerprint density at radius 2 is 1.74 bits per heavy atom. The first-order valence-electron chi connectivity index (χ1n) is 12.4. The molecular weight excluding hydrogens is 494 g/mol. The zero-order valence-corrected chi connectivity index (χ0v) is 21.6. The summed E-state index contributed by atoms with van der Waals surface area (Å²) in [6.07, 6.45) is 1.54. The Balaban J connectivity index is 1.27. The molecule has 0 bridgehead atoms. The van der Waals surface area contributed by atoms with Gasteiger partial charge in [0.2, 0.25) is 5.91 Å². The van der Waals surface area contributed by atoms with Crippen LogP contribution in [0.1, 0.15) is 16.7 Å². The highest BCUT2D eigenvalue weighted by molar-refractivity contribution is 6.16. The Labute approximate surface area is 225 Å². The first-order chi connectivity index (χ1) is 18.9. The predicted octanol–water partition coefficient (Wildman–Crippen LogP) is 5.27. The average Bonchev–Trinajstić information content (AvgIpc) is 3.19. The summed E-state index contributed by atoms with van der Waals surface area (Å²) in [5, 5.41) is 7.51. The molecule has 1 aliphatic heterocycles. The SMILES string of the molecule is COc1cc(/C=C2/NC(=O)N(CC(=O)Nc3cccc(C)c3)C2=O)ccc1OCc1cccc2ccccc12. The molecule has 0 unspecified atom stereocenters. The maximum atomic E-state index is 12.9. The summed E-state index contributed by atoms with van der Waals surface area (Å²) < 4.78 is 11.6. The van der Waals surface area contributed by atoms with E-state index in [1.165, 1.54) is 13.2 Å². The highest BCUT2D eigenvalue weighted by Gasteiger charge is 2.35. The monoisotopic (exact) mass is 521 g/mol. The van der Waals surface area contributed by atoms with Gasteiger partial charge in [-0.1, -0.05) is 60.7 Å². The van der Waals surface area contributed by atoms with Crippen molar-refractivity contribution < 1.29 is 23.9 Å². The number of hydrogen-bond acceptors (Lipinski definition) is 5. The Morgan fingerprint density at radius 1 is 0.949 bits per heavy atom. The second-order valence-corrected chi connectivity index (χ2v) is 9.13. The lowest BCUT2D eigenvalue weighted by atomic mass is 10.1. The van der Waals surface area contributed by atoms with Crippen molar-refractivity contribution in [2.45, 2.75) is 13.5 Å².